The van der Waals surface area contributed by atoms with Crippen LogP contribution in [-0.4, -0.2) is 11.0 Å². The number of halogens is 4. The van der Waals surface area contributed by atoms with Gasteiger partial charge in [0.05, 0.1) is 0 Å². The third-order valence-corrected chi connectivity index (χ3v) is 2.75. The molecule has 0 atom stereocenters. The zero-order valence-electron chi connectivity index (χ0n) is 11.8. The molecule has 0 heterocycles. The van der Waals surface area contributed by atoms with Crippen molar-refractivity contribution in [3.63, 3.8) is 0 Å². The molecule has 0 aliphatic rings. The van der Waals surface area contributed by atoms with Crippen LogP contribution >= 0.6 is 0 Å². The van der Waals surface area contributed by atoms with E-state index in [9.17, 15) is 0 Å². The molecule has 6 nitrogen and oxygen atoms in total. The molecule has 0 saturated heterocycles. The minimum Gasteiger partial charge on any atom is -1.00 e. The van der Waals surface area contributed by atoms with Crippen molar-refractivity contribution in [3.8, 4) is 11.1 Å². The van der Waals surface area contributed by atoms with Gasteiger partial charge in [-0.3, -0.25) is 0 Å². The second-order valence-corrected chi connectivity index (χ2v) is 3.97. The average molecular weight is 396 g/mol. The smallest absolute Gasteiger partial charge is 0.189 e. The van der Waals surface area contributed by atoms with Crippen molar-refractivity contribution in [3.05, 3.63) is 36.4 Å². The van der Waals surface area contributed by atoms with Gasteiger partial charge in [0.25, 0.3) is 0 Å². The van der Waals surface area contributed by atoms with Crippen LogP contribution in [-0.2, 0) is 0 Å². The first kappa shape index (κ1) is 33.1. The molecular weight excluding hydrogens is 374 g/mol. The van der Waals surface area contributed by atoms with Crippen molar-refractivity contribution in [2.45, 2.75) is 0 Å². The van der Waals surface area contributed by atoms with Gasteiger partial charge >= 0.3 is 0 Å². The Labute approximate surface area is 153 Å². The zero-order valence-corrected chi connectivity index (χ0v) is 14.8. The van der Waals surface area contributed by atoms with Crippen LogP contribution in [0.4, 0.5) is 22.7 Å². The van der Waals surface area contributed by atoms with Crippen LogP contribution in [0.2, 0.25) is 0 Å². The predicted octanol–water partition coefficient (Wildman–Crippen LogP) is -14.8. The summed E-state index contributed by atoms with van der Waals surface area (Å²) in [5.41, 5.74) is 21.8. The van der Waals surface area contributed by atoms with Gasteiger partial charge in [-0.2, -0.15) is 0 Å². The molecule has 22 heavy (non-hydrogen) atoms. The van der Waals surface area contributed by atoms with Gasteiger partial charge in [-0.05, 0) is 23.3 Å². The summed E-state index contributed by atoms with van der Waals surface area (Å²) in [6.45, 7) is 0. The molecule has 0 amide bonds. The van der Waals surface area contributed by atoms with E-state index in [-0.39, 0.29) is 60.6 Å². The van der Waals surface area contributed by atoms with Gasteiger partial charge in [0.2, 0.25) is 0 Å². The van der Waals surface area contributed by atoms with Gasteiger partial charge in [-0.1, -0.05) is 0 Å². The SMILES string of the molecule is O.O.[Cl-].[Cl-].[Cl-].[Cl-].[NH3+]c1ccc(-c2ccc([NH3+])c([NH3+])c2)cc1[NH3+]. The maximum absolute atomic E-state index is 3.96. The van der Waals surface area contributed by atoms with Gasteiger partial charge < -0.3 is 83.5 Å². The molecule has 0 aliphatic heterocycles. The molecule has 130 valence electrons. The van der Waals surface area contributed by atoms with Crippen LogP contribution in [0.5, 0.6) is 0 Å². The van der Waals surface area contributed by atoms with Crippen LogP contribution in [0, 0.1) is 0 Å². The first-order valence-electron chi connectivity index (χ1n) is 5.14. The van der Waals surface area contributed by atoms with Crippen molar-refractivity contribution < 1.29 is 83.5 Å². The van der Waals surface area contributed by atoms with Crippen LogP contribution in [0.3, 0.4) is 0 Å². The third-order valence-electron chi connectivity index (χ3n) is 2.75. The molecule has 16 N–H and O–H groups in total. The van der Waals surface area contributed by atoms with Crippen molar-refractivity contribution in [1.82, 2.24) is 0 Å². The Kier molecular flexibility index (Phi) is 21.0. The lowest BCUT2D eigenvalue weighted by Gasteiger charge is -2.02. The van der Waals surface area contributed by atoms with E-state index in [1.165, 1.54) is 0 Å². The van der Waals surface area contributed by atoms with E-state index in [4.69, 9.17) is 0 Å². The number of hydrogen-bond acceptors (Lipinski definition) is 0. The van der Waals surface area contributed by atoms with Crippen molar-refractivity contribution in [1.29, 1.82) is 0 Å². The minimum absolute atomic E-state index is 0. The Morgan fingerprint density at radius 2 is 0.727 bits per heavy atom. The maximum atomic E-state index is 3.96. The molecule has 0 unspecified atom stereocenters. The maximum Gasteiger partial charge on any atom is 0.189 e. The van der Waals surface area contributed by atoms with E-state index in [1.54, 1.807) is 0 Å². The van der Waals surface area contributed by atoms with Crippen LogP contribution in [0.1, 0.15) is 0 Å². The lowest BCUT2D eigenvalue weighted by atomic mass is 10.0. The topological polar surface area (TPSA) is 174 Å². The lowest BCUT2D eigenvalue weighted by Crippen LogP contribution is -3.00. The highest BCUT2D eigenvalue weighted by molar-refractivity contribution is 5.73. The predicted molar refractivity (Wildman–Crippen MR) is 69.3 cm³/mol. The van der Waals surface area contributed by atoms with Gasteiger partial charge in [0.1, 0.15) is 0 Å². The fraction of sp³-hybridized carbons (Fsp3) is 0. The number of hydrogen-bond donors (Lipinski definition) is 4. The van der Waals surface area contributed by atoms with E-state index in [2.05, 4.69) is 35.1 Å². The largest absolute Gasteiger partial charge is 1.00 e. The fourth-order valence-corrected chi connectivity index (χ4v) is 1.61. The van der Waals surface area contributed by atoms with E-state index < -0.39 is 0 Å². The van der Waals surface area contributed by atoms with Crippen molar-refractivity contribution in [2.75, 3.05) is 0 Å². The zero-order chi connectivity index (χ0) is 11.7. The molecule has 2 aromatic rings. The van der Waals surface area contributed by atoms with Crippen molar-refractivity contribution in [2.24, 2.45) is 0 Å². The standard InChI is InChI=1S/C12H14N4.4ClH.2H2O/c13-9-3-1-7(5-11(9)15)8-2-4-10(14)12(16)6-8;;;;;;/h1-6H,13-16H2;4*1H;2*1H2. The molecular formula is C12H22Cl4N4O2. The van der Waals surface area contributed by atoms with Gasteiger partial charge in [-0.15, -0.1) is 0 Å². The summed E-state index contributed by atoms with van der Waals surface area (Å²) >= 11 is 0. The van der Waals surface area contributed by atoms with E-state index in [1.807, 2.05) is 24.3 Å². The second kappa shape index (κ2) is 14.0. The van der Waals surface area contributed by atoms with Crippen LogP contribution in [0.15, 0.2) is 36.4 Å². The van der Waals surface area contributed by atoms with Gasteiger partial charge in [0, 0.05) is 24.3 Å². The summed E-state index contributed by atoms with van der Waals surface area (Å²) in [6, 6.07) is 12.2. The monoisotopic (exact) mass is 394 g/mol. The molecule has 2 aromatic carbocycles. The van der Waals surface area contributed by atoms with Gasteiger partial charge in [-0.25, -0.2) is 0 Å². The van der Waals surface area contributed by atoms with E-state index >= 15 is 0 Å². The average Bonchev–Trinajstić information content (AvgIpc) is 2.26. The van der Waals surface area contributed by atoms with E-state index in [0.717, 1.165) is 33.9 Å². The molecule has 2 rings (SSSR count). The molecule has 0 spiro atoms. The Hall–Kier alpha value is -0.640. The Balaban J connectivity index is -0.000000161. The Morgan fingerprint density at radius 1 is 0.455 bits per heavy atom. The van der Waals surface area contributed by atoms with Crippen LogP contribution < -0.4 is 72.6 Å². The highest BCUT2D eigenvalue weighted by atomic mass is 35.5. The lowest BCUT2D eigenvalue weighted by molar-refractivity contribution is -0.299. The first-order valence-corrected chi connectivity index (χ1v) is 5.14. The third kappa shape index (κ3) is 7.57. The first-order chi connectivity index (χ1) is 7.58. The van der Waals surface area contributed by atoms with Crippen LogP contribution in [0.25, 0.3) is 11.1 Å². The van der Waals surface area contributed by atoms with Gasteiger partial charge in [0.15, 0.2) is 22.7 Å². The molecule has 0 aliphatic carbocycles. The molecule has 0 aromatic heterocycles. The number of rotatable bonds is 1. The summed E-state index contributed by atoms with van der Waals surface area (Å²) in [7, 11) is 0. The highest BCUT2D eigenvalue weighted by Crippen LogP contribution is 2.26. The molecule has 0 bridgehead atoms. The molecule has 10 heteroatoms. The minimum atomic E-state index is 0. The molecule has 0 fully saturated rings. The summed E-state index contributed by atoms with van der Waals surface area (Å²) in [5, 5.41) is 0. The molecule has 0 radical (unpaired) electrons. The summed E-state index contributed by atoms with van der Waals surface area (Å²) in [4.78, 5) is 0. The Bertz CT molecular complexity index is 509. The number of benzene rings is 2. The van der Waals surface area contributed by atoms with E-state index in [0.29, 0.717) is 0 Å². The highest BCUT2D eigenvalue weighted by Gasteiger charge is 2.08. The normalized spacial score (nSPS) is 7.64. The summed E-state index contributed by atoms with van der Waals surface area (Å²) < 4.78 is 0. The summed E-state index contributed by atoms with van der Waals surface area (Å²) in [5.74, 6) is 0. The fourth-order valence-electron chi connectivity index (χ4n) is 1.61. The summed E-state index contributed by atoms with van der Waals surface area (Å²) in [6.07, 6.45) is 0. The molecule has 0 saturated carbocycles. The Morgan fingerprint density at radius 3 is 0.955 bits per heavy atom. The number of quaternary nitrogens is 4. The second-order valence-electron chi connectivity index (χ2n) is 3.97. The quantitative estimate of drug-likeness (QED) is 0.359. The van der Waals surface area contributed by atoms with Crippen molar-refractivity contribution >= 4 is 22.7 Å².